The largest absolute Gasteiger partial charge is 0.411 e. The number of nitrogens with one attached hydrogen (secondary N) is 1. The van der Waals surface area contributed by atoms with Crippen LogP contribution in [-0.2, 0) is 4.79 Å². The summed E-state index contributed by atoms with van der Waals surface area (Å²) in [6.45, 7) is 5.52. The molecule has 1 heterocycles. The Labute approximate surface area is 159 Å². The van der Waals surface area contributed by atoms with Crippen LogP contribution < -0.4 is 5.32 Å². The molecular formula is C19H17F2N3O2S. The summed E-state index contributed by atoms with van der Waals surface area (Å²) >= 11 is 1.01. The van der Waals surface area contributed by atoms with E-state index < -0.39 is 28.5 Å². The van der Waals surface area contributed by atoms with Gasteiger partial charge in [-0.3, -0.25) is 4.79 Å². The van der Waals surface area contributed by atoms with E-state index in [2.05, 4.69) is 15.5 Å². The molecule has 0 aliphatic heterocycles. The van der Waals surface area contributed by atoms with Gasteiger partial charge in [0.2, 0.25) is 11.8 Å². The van der Waals surface area contributed by atoms with Gasteiger partial charge in [0.05, 0.1) is 5.25 Å². The number of anilines is 1. The molecule has 1 N–H and O–H groups in total. The second kappa shape index (κ2) is 7.87. The summed E-state index contributed by atoms with van der Waals surface area (Å²) in [5, 5.41) is 9.69. The second-order valence-electron chi connectivity index (χ2n) is 6.10. The predicted molar refractivity (Wildman–Crippen MR) is 99.5 cm³/mol. The van der Waals surface area contributed by atoms with Crippen molar-refractivity contribution in [1.29, 1.82) is 0 Å². The molecule has 0 aliphatic rings. The van der Waals surface area contributed by atoms with Crippen LogP contribution in [0.15, 0.2) is 46.0 Å². The van der Waals surface area contributed by atoms with Gasteiger partial charge in [-0.1, -0.05) is 35.0 Å². The molecule has 0 spiro atoms. The van der Waals surface area contributed by atoms with E-state index in [0.717, 1.165) is 40.6 Å². The number of rotatable bonds is 5. The van der Waals surface area contributed by atoms with E-state index in [-0.39, 0.29) is 5.22 Å². The van der Waals surface area contributed by atoms with Crippen LogP contribution in [0.4, 0.5) is 14.5 Å². The van der Waals surface area contributed by atoms with Gasteiger partial charge in [0.25, 0.3) is 5.22 Å². The number of hydrogen-bond donors (Lipinski definition) is 1. The van der Waals surface area contributed by atoms with Crippen molar-refractivity contribution in [3.8, 4) is 11.5 Å². The molecule has 0 radical (unpaired) electrons. The van der Waals surface area contributed by atoms with Crippen LogP contribution in [0.3, 0.4) is 0 Å². The maximum absolute atomic E-state index is 13.7. The smallest absolute Gasteiger partial charge is 0.277 e. The summed E-state index contributed by atoms with van der Waals surface area (Å²) in [4.78, 5) is 12.2. The molecule has 0 aliphatic carbocycles. The molecule has 0 saturated carbocycles. The van der Waals surface area contributed by atoms with Crippen molar-refractivity contribution >= 4 is 23.4 Å². The highest BCUT2D eigenvalue weighted by Crippen LogP contribution is 2.28. The van der Waals surface area contributed by atoms with Crippen LogP contribution >= 0.6 is 11.8 Å². The third-order valence-electron chi connectivity index (χ3n) is 3.73. The summed E-state index contributed by atoms with van der Waals surface area (Å²) in [6.07, 6.45) is 0. The summed E-state index contributed by atoms with van der Waals surface area (Å²) in [5.41, 5.74) is 2.45. The average molecular weight is 389 g/mol. The fourth-order valence-electron chi connectivity index (χ4n) is 2.52. The second-order valence-corrected chi connectivity index (χ2v) is 7.39. The zero-order chi connectivity index (χ0) is 19.6. The molecule has 27 heavy (non-hydrogen) atoms. The highest BCUT2D eigenvalue weighted by atomic mass is 32.2. The molecule has 140 valence electrons. The van der Waals surface area contributed by atoms with Gasteiger partial charge in [-0.05, 0) is 45.0 Å². The van der Waals surface area contributed by atoms with E-state index >= 15 is 0 Å². The number of para-hydroxylation sites is 1. The number of thioether (sulfide) groups is 1. The Balaban J connectivity index is 1.70. The lowest BCUT2D eigenvalue weighted by Gasteiger charge is -2.11. The average Bonchev–Trinajstić information content (AvgIpc) is 3.06. The molecule has 3 rings (SSSR count). The van der Waals surface area contributed by atoms with Gasteiger partial charge in [-0.2, -0.15) is 0 Å². The first kappa shape index (κ1) is 19.0. The molecular weight excluding hydrogens is 372 g/mol. The topological polar surface area (TPSA) is 68.0 Å². The standard InChI is InChI=1S/C19H17F2N3O2S/c1-10-7-11(2)9-13(8-10)18-23-24-19(26-18)27-12(3)17(25)22-16-14(20)5-4-6-15(16)21/h4-9,12H,1-3H3,(H,22,25)/t12-/m0/s1. The number of amides is 1. The van der Waals surface area contributed by atoms with Crippen molar-refractivity contribution in [1.82, 2.24) is 10.2 Å². The minimum Gasteiger partial charge on any atom is -0.411 e. The van der Waals surface area contributed by atoms with Gasteiger partial charge in [0.15, 0.2) is 0 Å². The number of hydrogen-bond acceptors (Lipinski definition) is 5. The lowest BCUT2D eigenvalue weighted by molar-refractivity contribution is -0.115. The van der Waals surface area contributed by atoms with E-state index in [1.54, 1.807) is 6.92 Å². The number of benzene rings is 2. The maximum atomic E-state index is 13.7. The maximum Gasteiger partial charge on any atom is 0.277 e. The molecule has 1 atom stereocenters. The van der Waals surface area contributed by atoms with Crippen molar-refractivity contribution in [3.05, 3.63) is 59.2 Å². The van der Waals surface area contributed by atoms with Crippen molar-refractivity contribution < 1.29 is 18.0 Å². The van der Waals surface area contributed by atoms with Crippen molar-refractivity contribution in [3.63, 3.8) is 0 Å². The molecule has 0 saturated heterocycles. The molecule has 1 aromatic heterocycles. The molecule has 5 nitrogen and oxygen atoms in total. The monoisotopic (exact) mass is 389 g/mol. The zero-order valence-corrected chi connectivity index (χ0v) is 15.7. The van der Waals surface area contributed by atoms with E-state index in [9.17, 15) is 13.6 Å². The van der Waals surface area contributed by atoms with Crippen LogP contribution in [0.1, 0.15) is 18.1 Å². The SMILES string of the molecule is Cc1cc(C)cc(-c2nnc(S[C@@H](C)C(=O)Nc3c(F)cccc3F)o2)c1. The first-order valence-electron chi connectivity index (χ1n) is 8.17. The number of halogens is 2. The fraction of sp³-hybridized carbons (Fsp3) is 0.211. The van der Waals surface area contributed by atoms with Gasteiger partial charge in [0, 0.05) is 5.56 Å². The Bertz CT molecular complexity index is 950. The van der Waals surface area contributed by atoms with Gasteiger partial charge in [-0.25, -0.2) is 8.78 Å². The van der Waals surface area contributed by atoms with Crippen molar-refractivity contribution in [2.45, 2.75) is 31.2 Å². The van der Waals surface area contributed by atoms with Crippen molar-refractivity contribution in [2.75, 3.05) is 5.32 Å². The summed E-state index contributed by atoms with van der Waals surface area (Å²) in [6, 6.07) is 9.25. The molecule has 0 fully saturated rings. The summed E-state index contributed by atoms with van der Waals surface area (Å²) in [5.74, 6) is -1.90. The normalized spacial score (nSPS) is 12.0. The van der Waals surface area contributed by atoms with Gasteiger partial charge in [-0.15, -0.1) is 10.2 Å². The molecule has 2 aromatic carbocycles. The lowest BCUT2D eigenvalue weighted by Crippen LogP contribution is -2.23. The van der Waals surface area contributed by atoms with E-state index in [4.69, 9.17) is 4.42 Å². The number of nitrogens with zero attached hydrogens (tertiary/aromatic N) is 2. The Morgan fingerprint density at radius 3 is 2.37 bits per heavy atom. The Morgan fingerprint density at radius 1 is 1.11 bits per heavy atom. The molecule has 0 unspecified atom stereocenters. The summed E-state index contributed by atoms with van der Waals surface area (Å²) < 4.78 is 32.9. The quantitative estimate of drug-likeness (QED) is 0.638. The number of carbonyl (C=O) groups excluding carboxylic acids is 1. The summed E-state index contributed by atoms with van der Waals surface area (Å²) in [7, 11) is 0. The van der Waals surface area contributed by atoms with Crippen molar-refractivity contribution in [2.24, 2.45) is 0 Å². The highest BCUT2D eigenvalue weighted by molar-refractivity contribution is 8.00. The zero-order valence-electron chi connectivity index (χ0n) is 14.9. The first-order chi connectivity index (χ1) is 12.8. The highest BCUT2D eigenvalue weighted by Gasteiger charge is 2.21. The Morgan fingerprint density at radius 2 is 1.74 bits per heavy atom. The van der Waals surface area contributed by atoms with E-state index in [1.807, 2.05) is 32.0 Å². The number of carbonyl (C=O) groups is 1. The van der Waals surface area contributed by atoms with E-state index in [0.29, 0.717) is 5.89 Å². The minimum atomic E-state index is -0.838. The fourth-order valence-corrected chi connectivity index (χ4v) is 3.20. The van der Waals surface area contributed by atoms with Crippen LogP contribution in [0, 0.1) is 25.5 Å². The van der Waals surface area contributed by atoms with Crippen LogP contribution in [0.5, 0.6) is 0 Å². The minimum absolute atomic E-state index is 0.195. The first-order valence-corrected chi connectivity index (χ1v) is 9.05. The third-order valence-corrected chi connectivity index (χ3v) is 4.67. The third kappa shape index (κ3) is 4.51. The molecule has 8 heteroatoms. The van der Waals surface area contributed by atoms with Crippen LogP contribution in [0.25, 0.3) is 11.5 Å². The Hall–Kier alpha value is -2.74. The van der Waals surface area contributed by atoms with Crippen LogP contribution in [-0.4, -0.2) is 21.4 Å². The molecule has 0 bridgehead atoms. The number of aryl methyl sites for hydroxylation is 2. The van der Waals surface area contributed by atoms with Gasteiger partial charge >= 0.3 is 0 Å². The number of aromatic nitrogens is 2. The molecule has 1 amide bonds. The van der Waals surface area contributed by atoms with Gasteiger partial charge < -0.3 is 9.73 Å². The molecule has 3 aromatic rings. The Kier molecular flexibility index (Phi) is 5.55. The lowest BCUT2D eigenvalue weighted by atomic mass is 10.1. The van der Waals surface area contributed by atoms with Gasteiger partial charge in [0.1, 0.15) is 17.3 Å². The van der Waals surface area contributed by atoms with E-state index in [1.165, 1.54) is 6.07 Å². The van der Waals surface area contributed by atoms with Crippen LogP contribution in [0.2, 0.25) is 0 Å². The predicted octanol–water partition coefficient (Wildman–Crippen LogP) is 4.75.